The molecule has 4 unspecified atom stereocenters. The number of rotatable bonds is 44. The number of carbonyl (C=O) groups is 2. The molecule has 70 heavy (non-hydrogen) atoms. The molecule has 0 spiro atoms. The average Bonchev–Trinajstić information content (AvgIpc) is 3.35. The van der Waals surface area contributed by atoms with Crippen LogP contribution in [0.25, 0.3) is 0 Å². The van der Waals surface area contributed by atoms with Crippen molar-refractivity contribution in [2.24, 2.45) is 0 Å². The standard InChI is InChI=1S/C55H100O15/c1-3-5-7-9-11-13-15-17-19-20-21-22-24-26-28-30-32-34-36-38-47(58)68-43(40-65-46(57)37-35-33-31-29-27-25-23-18-16-14-12-10-8-6-4-2)41-66-54-53(64)51(62)49(60)45(70-54)42-67-55-52(63)50(61)48(59)44(39-56)69-55/h14,16-17,19,43-45,48-56,59-64H,3-13,15,18,20-42H2,1-2H3/b16-14+,19-17+/t43-,44+,45+,48-,49-,50?,51?,52?,53?,54+,55+/m1/s1. The first kappa shape index (κ1) is 64.1. The summed E-state index contributed by atoms with van der Waals surface area (Å²) in [5.74, 6) is -0.924. The van der Waals surface area contributed by atoms with E-state index in [1.54, 1.807) is 0 Å². The summed E-state index contributed by atoms with van der Waals surface area (Å²) in [4.78, 5) is 25.8. The van der Waals surface area contributed by atoms with Gasteiger partial charge >= 0.3 is 11.9 Å². The summed E-state index contributed by atoms with van der Waals surface area (Å²) in [6.45, 7) is 2.59. The number of carbonyl (C=O) groups excluding carboxylic acids is 2. The molecule has 2 aliphatic rings. The quantitative estimate of drug-likeness (QED) is 0.0172. The molecular formula is C55H100O15. The van der Waals surface area contributed by atoms with E-state index in [2.05, 4.69) is 38.2 Å². The van der Waals surface area contributed by atoms with Crippen LogP contribution in [0.5, 0.6) is 0 Å². The van der Waals surface area contributed by atoms with Crippen molar-refractivity contribution in [2.75, 3.05) is 26.4 Å². The van der Waals surface area contributed by atoms with E-state index in [1.165, 1.54) is 128 Å². The van der Waals surface area contributed by atoms with Crippen LogP contribution in [0.2, 0.25) is 0 Å². The van der Waals surface area contributed by atoms with Crippen LogP contribution in [-0.4, -0.2) is 142 Å². The van der Waals surface area contributed by atoms with Gasteiger partial charge in [-0.05, 0) is 64.2 Å². The number of aliphatic hydroxyl groups excluding tert-OH is 7. The van der Waals surface area contributed by atoms with Crippen LogP contribution in [0.1, 0.15) is 219 Å². The summed E-state index contributed by atoms with van der Waals surface area (Å²) in [6.07, 6.45) is 27.7. The second-order valence-electron chi connectivity index (χ2n) is 19.8. The third-order valence-electron chi connectivity index (χ3n) is 13.4. The number of hydrogen-bond donors (Lipinski definition) is 7. The molecule has 2 aliphatic heterocycles. The molecule has 0 aromatic rings. The molecule has 15 nitrogen and oxygen atoms in total. The summed E-state index contributed by atoms with van der Waals surface area (Å²) < 4.78 is 33.7. The first-order valence-corrected chi connectivity index (χ1v) is 27.9. The fraction of sp³-hybridized carbons (Fsp3) is 0.891. The van der Waals surface area contributed by atoms with Gasteiger partial charge in [0.05, 0.1) is 19.8 Å². The van der Waals surface area contributed by atoms with E-state index in [0.29, 0.717) is 12.8 Å². The molecule has 0 aromatic carbocycles. The molecule has 0 radical (unpaired) electrons. The zero-order valence-electron chi connectivity index (χ0n) is 43.5. The summed E-state index contributed by atoms with van der Waals surface area (Å²) in [5.41, 5.74) is 0. The topological polar surface area (TPSA) is 231 Å². The average molecular weight is 1000 g/mol. The van der Waals surface area contributed by atoms with Gasteiger partial charge in [-0.2, -0.15) is 0 Å². The monoisotopic (exact) mass is 1000 g/mol. The second kappa shape index (κ2) is 42.3. The van der Waals surface area contributed by atoms with E-state index in [0.717, 1.165) is 51.4 Å². The first-order valence-electron chi connectivity index (χ1n) is 27.9. The van der Waals surface area contributed by atoms with E-state index in [-0.39, 0.29) is 26.1 Å². The number of allylic oxidation sites excluding steroid dienone is 4. The smallest absolute Gasteiger partial charge is 0.306 e. The maximum Gasteiger partial charge on any atom is 0.306 e. The molecule has 410 valence electrons. The number of unbranched alkanes of at least 4 members (excludes halogenated alkanes) is 26. The predicted molar refractivity (Wildman–Crippen MR) is 271 cm³/mol. The minimum atomic E-state index is -1.76. The third-order valence-corrected chi connectivity index (χ3v) is 13.4. The van der Waals surface area contributed by atoms with Crippen molar-refractivity contribution in [3.63, 3.8) is 0 Å². The van der Waals surface area contributed by atoms with E-state index in [9.17, 15) is 45.3 Å². The van der Waals surface area contributed by atoms with E-state index in [4.69, 9.17) is 28.4 Å². The highest BCUT2D eigenvalue weighted by Gasteiger charge is 2.47. The van der Waals surface area contributed by atoms with Gasteiger partial charge in [-0.3, -0.25) is 9.59 Å². The molecule has 0 saturated carbocycles. The van der Waals surface area contributed by atoms with Gasteiger partial charge in [0.2, 0.25) is 0 Å². The van der Waals surface area contributed by atoms with Gasteiger partial charge in [-0.1, -0.05) is 167 Å². The Kier molecular flexibility index (Phi) is 38.8. The minimum absolute atomic E-state index is 0.164. The zero-order valence-corrected chi connectivity index (χ0v) is 43.5. The zero-order chi connectivity index (χ0) is 51.0. The Morgan fingerprint density at radius 3 is 1.27 bits per heavy atom. The molecule has 11 atom stereocenters. The largest absolute Gasteiger partial charge is 0.462 e. The normalized spacial score (nSPS) is 25.5. The van der Waals surface area contributed by atoms with Gasteiger partial charge in [0, 0.05) is 12.8 Å². The number of hydrogen-bond acceptors (Lipinski definition) is 15. The van der Waals surface area contributed by atoms with Crippen molar-refractivity contribution >= 4 is 11.9 Å². The Morgan fingerprint density at radius 1 is 0.443 bits per heavy atom. The van der Waals surface area contributed by atoms with E-state index >= 15 is 0 Å². The molecule has 2 rings (SSSR count). The van der Waals surface area contributed by atoms with Gasteiger partial charge in [0.25, 0.3) is 0 Å². The highest BCUT2D eigenvalue weighted by Crippen LogP contribution is 2.27. The number of aliphatic hydroxyl groups is 7. The Morgan fingerprint density at radius 2 is 0.814 bits per heavy atom. The highest BCUT2D eigenvalue weighted by molar-refractivity contribution is 5.70. The maximum absolute atomic E-state index is 13.0. The lowest BCUT2D eigenvalue weighted by atomic mass is 9.98. The molecule has 2 heterocycles. The van der Waals surface area contributed by atoms with E-state index < -0.39 is 92.7 Å². The lowest BCUT2D eigenvalue weighted by Crippen LogP contribution is -2.61. The molecule has 0 bridgehead atoms. The molecule has 15 heteroatoms. The summed E-state index contributed by atoms with van der Waals surface area (Å²) in [7, 11) is 0. The maximum atomic E-state index is 13.0. The van der Waals surface area contributed by atoms with Crippen LogP contribution in [0.3, 0.4) is 0 Å². The molecule has 0 aliphatic carbocycles. The fourth-order valence-electron chi connectivity index (χ4n) is 8.80. The van der Waals surface area contributed by atoms with Crippen LogP contribution in [-0.2, 0) is 38.0 Å². The van der Waals surface area contributed by atoms with Crippen LogP contribution in [0.15, 0.2) is 24.3 Å². The van der Waals surface area contributed by atoms with Gasteiger partial charge in [-0.15, -0.1) is 0 Å². The molecule has 0 aromatic heterocycles. The lowest BCUT2D eigenvalue weighted by molar-refractivity contribution is -0.332. The Bertz CT molecular complexity index is 1310. The molecular weight excluding hydrogens is 901 g/mol. The Labute approximate surface area is 422 Å². The van der Waals surface area contributed by atoms with E-state index in [1.807, 2.05) is 0 Å². The third kappa shape index (κ3) is 29.6. The fourth-order valence-corrected chi connectivity index (χ4v) is 8.80. The van der Waals surface area contributed by atoms with Crippen LogP contribution in [0, 0.1) is 0 Å². The van der Waals surface area contributed by atoms with Crippen molar-refractivity contribution in [3.8, 4) is 0 Å². The molecule has 2 saturated heterocycles. The number of ether oxygens (including phenoxy) is 6. The lowest BCUT2D eigenvalue weighted by Gasteiger charge is -2.42. The Balaban J connectivity index is 1.77. The van der Waals surface area contributed by atoms with Crippen LogP contribution < -0.4 is 0 Å². The first-order chi connectivity index (χ1) is 34.0. The summed E-state index contributed by atoms with van der Waals surface area (Å²) in [5, 5.41) is 72.2. The predicted octanol–water partition coefficient (Wildman–Crippen LogP) is 8.72. The van der Waals surface area contributed by atoms with Crippen molar-refractivity contribution in [1.29, 1.82) is 0 Å². The minimum Gasteiger partial charge on any atom is -0.462 e. The van der Waals surface area contributed by atoms with Crippen molar-refractivity contribution in [2.45, 2.75) is 287 Å². The van der Waals surface area contributed by atoms with Crippen molar-refractivity contribution < 1.29 is 73.8 Å². The second-order valence-corrected chi connectivity index (χ2v) is 19.8. The van der Waals surface area contributed by atoms with Gasteiger partial charge < -0.3 is 64.2 Å². The van der Waals surface area contributed by atoms with Gasteiger partial charge in [-0.25, -0.2) is 0 Å². The SMILES string of the molecule is CCCCCC/C=C/CCCCCCCCCC(=O)OC[C@H](CO[C@H]1O[C@@H](CO[C@H]2O[C@@H](CO)[C@@H](O)C(O)C2O)[C@@H](O)C(O)C1O)OC(=O)CCCCCCCCCCC/C=C/CCCCCCCC. The van der Waals surface area contributed by atoms with Crippen LogP contribution in [0.4, 0.5) is 0 Å². The summed E-state index contributed by atoms with van der Waals surface area (Å²) >= 11 is 0. The van der Waals surface area contributed by atoms with Gasteiger partial charge in [0.15, 0.2) is 18.7 Å². The van der Waals surface area contributed by atoms with Crippen molar-refractivity contribution in [3.05, 3.63) is 24.3 Å². The number of esters is 2. The van der Waals surface area contributed by atoms with Gasteiger partial charge in [0.1, 0.15) is 55.4 Å². The van der Waals surface area contributed by atoms with Crippen LogP contribution >= 0.6 is 0 Å². The Hall–Kier alpha value is -2.02. The molecule has 0 amide bonds. The highest BCUT2D eigenvalue weighted by atomic mass is 16.7. The summed E-state index contributed by atoms with van der Waals surface area (Å²) in [6, 6.07) is 0. The van der Waals surface area contributed by atoms with Crippen molar-refractivity contribution in [1.82, 2.24) is 0 Å². The molecule has 2 fully saturated rings. The molecule has 7 N–H and O–H groups in total.